The van der Waals surface area contributed by atoms with Crippen molar-refractivity contribution in [3.63, 3.8) is 0 Å². The summed E-state index contributed by atoms with van der Waals surface area (Å²) in [6.07, 6.45) is 2.50. The van der Waals surface area contributed by atoms with E-state index in [-0.39, 0.29) is 21.6 Å². The Morgan fingerprint density at radius 2 is 0.962 bits per heavy atom. The average molecular weight is 389 g/mol. The lowest BCUT2D eigenvalue weighted by molar-refractivity contribution is -0.118. The van der Waals surface area contributed by atoms with Gasteiger partial charge in [0.15, 0.2) is 19.7 Å². The molecule has 0 aromatic heterocycles. The zero-order valence-corrected chi connectivity index (χ0v) is 15.8. The number of benzene rings is 2. The molecule has 0 saturated heterocycles. The summed E-state index contributed by atoms with van der Waals surface area (Å²) in [5.74, 6) is -0.0557. The molecule has 3 saturated carbocycles. The van der Waals surface area contributed by atoms with Crippen LogP contribution < -0.4 is 0 Å². The Hall–Kier alpha value is -1.66. The Morgan fingerprint density at radius 3 is 1.23 bits per heavy atom. The van der Waals surface area contributed by atoms with Crippen molar-refractivity contribution >= 4 is 19.7 Å². The fourth-order valence-corrected chi connectivity index (χ4v) is 12.0. The standard InChI is InChI=1S/C20H20O4S2/c21-25(22,15-7-3-1-4-8-15)19-13-11-17(19)18-12-14-20(18,19)26(23,24)16-9-5-2-6-10-16/h1-10,17-18H,11-14H2/t17-,18-,19+,20+/m1/s1. The van der Waals surface area contributed by atoms with Crippen LogP contribution in [-0.2, 0) is 19.7 Å². The predicted molar refractivity (Wildman–Crippen MR) is 98.2 cm³/mol. The second-order valence-electron chi connectivity index (χ2n) is 7.70. The Bertz CT molecular complexity index is 988. The maximum Gasteiger partial charge on any atom is 0.185 e. The Morgan fingerprint density at radius 1 is 0.615 bits per heavy atom. The first-order valence-corrected chi connectivity index (χ1v) is 12.0. The minimum Gasteiger partial charge on any atom is -0.223 e. The third-order valence-corrected chi connectivity index (χ3v) is 12.7. The van der Waals surface area contributed by atoms with E-state index in [2.05, 4.69) is 0 Å². The van der Waals surface area contributed by atoms with E-state index in [1.165, 1.54) is 0 Å². The van der Waals surface area contributed by atoms with Crippen molar-refractivity contribution in [3.05, 3.63) is 60.7 Å². The topological polar surface area (TPSA) is 68.3 Å². The summed E-state index contributed by atoms with van der Waals surface area (Å²) < 4.78 is 52.1. The largest absolute Gasteiger partial charge is 0.223 e. The molecule has 4 atom stereocenters. The molecule has 0 unspecified atom stereocenters. The lowest BCUT2D eigenvalue weighted by Crippen LogP contribution is -2.88. The lowest BCUT2D eigenvalue weighted by Gasteiger charge is -2.78. The van der Waals surface area contributed by atoms with Gasteiger partial charge in [0.2, 0.25) is 0 Å². The third-order valence-electron chi connectivity index (χ3n) is 7.12. The van der Waals surface area contributed by atoms with E-state index < -0.39 is 29.2 Å². The van der Waals surface area contributed by atoms with Gasteiger partial charge >= 0.3 is 0 Å². The Kier molecular flexibility index (Phi) is 3.17. The highest BCUT2D eigenvalue weighted by molar-refractivity contribution is 7.97. The molecule has 0 spiro atoms. The molecule has 3 aliphatic carbocycles. The zero-order valence-electron chi connectivity index (χ0n) is 14.2. The van der Waals surface area contributed by atoms with Crippen LogP contribution in [0, 0.1) is 11.8 Å². The van der Waals surface area contributed by atoms with Gasteiger partial charge in [0, 0.05) is 0 Å². The van der Waals surface area contributed by atoms with Crippen molar-refractivity contribution in [2.24, 2.45) is 11.8 Å². The van der Waals surface area contributed by atoms with Crippen molar-refractivity contribution in [2.45, 2.75) is 45.0 Å². The molecular formula is C20H20O4S2. The van der Waals surface area contributed by atoms with E-state index in [0.29, 0.717) is 12.8 Å². The van der Waals surface area contributed by atoms with Gasteiger partial charge in [0.25, 0.3) is 0 Å². The first-order valence-electron chi connectivity index (χ1n) is 8.99. The van der Waals surface area contributed by atoms with Crippen LogP contribution in [0.2, 0.25) is 0 Å². The van der Waals surface area contributed by atoms with Crippen molar-refractivity contribution in [1.82, 2.24) is 0 Å². The first-order chi connectivity index (χ1) is 12.4. The van der Waals surface area contributed by atoms with Gasteiger partial charge in [-0.3, -0.25) is 0 Å². The van der Waals surface area contributed by atoms with Crippen molar-refractivity contribution < 1.29 is 16.8 Å². The second-order valence-corrected chi connectivity index (χ2v) is 12.1. The molecule has 2 aromatic rings. The highest BCUT2D eigenvalue weighted by Crippen LogP contribution is 2.79. The van der Waals surface area contributed by atoms with E-state index >= 15 is 0 Å². The molecule has 3 aliphatic rings. The maximum atomic E-state index is 13.6. The Labute approximate surface area is 154 Å². The predicted octanol–water partition coefficient (Wildman–Crippen LogP) is 3.25. The molecule has 5 rings (SSSR count). The number of hydrogen-bond donors (Lipinski definition) is 0. The SMILES string of the molecule is O=S(=O)(c1ccccc1)[C@@]12CC[C@@H]1[C@H]1CC[C@]12S(=O)(=O)c1ccccc1. The molecule has 0 bridgehead atoms. The summed E-state index contributed by atoms with van der Waals surface area (Å²) in [6.45, 7) is 0. The molecule has 0 heterocycles. The van der Waals surface area contributed by atoms with E-state index in [1.807, 2.05) is 0 Å². The zero-order chi connectivity index (χ0) is 18.2. The van der Waals surface area contributed by atoms with Gasteiger partial charge in [-0.2, -0.15) is 0 Å². The molecular weight excluding hydrogens is 368 g/mol. The van der Waals surface area contributed by atoms with E-state index in [4.69, 9.17) is 0 Å². The molecule has 26 heavy (non-hydrogen) atoms. The molecule has 0 N–H and O–H groups in total. The van der Waals surface area contributed by atoms with E-state index in [1.54, 1.807) is 60.7 Å². The van der Waals surface area contributed by atoms with Crippen LogP contribution in [0.15, 0.2) is 70.5 Å². The van der Waals surface area contributed by atoms with Crippen LogP contribution in [0.1, 0.15) is 25.7 Å². The van der Waals surface area contributed by atoms with Crippen LogP contribution in [0.3, 0.4) is 0 Å². The van der Waals surface area contributed by atoms with Crippen molar-refractivity contribution in [3.8, 4) is 0 Å². The molecule has 0 aliphatic heterocycles. The number of fused-ring (bicyclic) bond motifs is 4. The van der Waals surface area contributed by atoms with Gasteiger partial charge in [-0.15, -0.1) is 0 Å². The molecule has 2 aromatic carbocycles. The van der Waals surface area contributed by atoms with Crippen molar-refractivity contribution in [1.29, 1.82) is 0 Å². The summed E-state index contributed by atoms with van der Waals surface area (Å²) >= 11 is 0. The fraction of sp³-hybridized carbons (Fsp3) is 0.400. The van der Waals surface area contributed by atoms with Gasteiger partial charge in [-0.05, 0) is 61.8 Å². The monoisotopic (exact) mass is 388 g/mol. The fourth-order valence-electron chi connectivity index (χ4n) is 5.90. The van der Waals surface area contributed by atoms with E-state index in [9.17, 15) is 16.8 Å². The average Bonchev–Trinajstić information content (AvgIpc) is 2.62. The van der Waals surface area contributed by atoms with Crippen LogP contribution in [-0.4, -0.2) is 26.3 Å². The second kappa shape index (κ2) is 4.98. The molecule has 0 radical (unpaired) electrons. The summed E-state index contributed by atoms with van der Waals surface area (Å²) in [5, 5.41) is 0. The minimum atomic E-state index is -3.72. The third kappa shape index (κ3) is 1.54. The van der Waals surface area contributed by atoms with Gasteiger partial charge in [-0.1, -0.05) is 36.4 Å². The van der Waals surface area contributed by atoms with Crippen molar-refractivity contribution in [2.75, 3.05) is 0 Å². The minimum absolute atomic E-state index is 0.0278. The summed E-state index contributed by atoms with van der Waals surface area (Å²) in [7, 11) is -7.45. The highest BCUT2D eigenvalue weighted by atomic mass is 32.2. The molecule has 136 valence electrons. The summed E-state index contributed by atoms with van der Waals surface area (Å²) in [6, 6.07) is 16.7. The molecule has 4 nitrogen and oxygen atoms in total. The van der Waals surface area contributed by atoms with Gasteiger partial charge in [0.05, 0.1) is 9.79 Å². The summed E-state index contributed by atoms with van der Waals surface area (Å²) in [5.41, 5.74) is 0. The molecule has 0 amide bonds. The number of hydrogen-bond acceptors (Lipinski definition) is 4. The molecule has 3 fully saturated rings. The number of rotatable bonds is 4. The van der Waals surface area contributed by atoms with Crippen LogP contribution in [0.4, 0.5) is 0 Å². The quantitative estimate of drug-likeness (QED) is 0.806. The van der Waals surface area contributed by atoms with Gasteiger partial charge in [-0.25, -0.2) is 16.8 Å². The highest BCUT2D eigenvalue weighted by Gasteiger charge is 2.88. The maximum absolute atomic E-state index is 13.6. The van der Waals surface area contributed by atoms with Crippen LogP contribution in [0.5, 0.6) is 0 Å². The van der Waals surface area contributed by atoms with Crippen LogP contribution in [0.25, 0.3) is 0 Å². The Balaban J connectivity index is 1.71. The van der Waals surface area contributed by atoms with Gasteiger partial charge in [0.1, 0.15) is 9.49 Å². The lowest BCUT2D eigenvalue weighted by atomic mass is 9.38. The van der Waals surface area contributed by atoms with E-state index in [0.717, 1.165) is 12.8 Å². The summed E-state index contributed by atoms with van der Waals surface area (Å²) in [4.78, 5) is 0.496. The normalized spacial score (nSPS) is 35.2. The van der Waals surface area contributed by atoms with Crippen LogP contribution >= 0.6 is 0 Å². The number of sulfone groups is 2. The molecule has 6 heteroatoms. The van der Waals surface area contributed by atoms with Gasteiger partial charge < -0.3 is 0 Å². The smallest absolute Gasteiger partial charge is 0.185 e. The first kappa shape index (κ1) is 16.5.